The number of fused-ring (bicyclic) bond motifs is 1. The number of imidazole rings is 1. The summed E-state index contributed by atoms with van der Waals surface area (Å²) in [5.41, 5.74) is 2.47. The molecule has 0 amide bonds. The smallest absolute Gasteiger partial charge is 0.387 e. The Kier molecular flexibility index (Phi) is 4.53. The molecule has 0 saturated carbocycles. The Hall–Kier alpha value is -2.93. The number of hydrogen-bond donors (Lipinski definition) is 0. The third-order valence-corrected chi connectivity index (χ3v) is 4.45. The lowest BCUT2D eigenvalue weighted by Crippen LogP contribution is -2.29. The summed E-state index contributed by atoms with van der Waals surface area (Å²) in [5, 5.41) is 0.616. The lowest BCUT2D eigenvalue weighted by atomic mass is 10.2. The second-order valence-electron chi connectivity index (χ2n) is 5.93. The average molecular weight is 389 g/mol. The monoisotopic (exact) mass is 388 g/mol. The largest absolute Gasteiger partial charge is 0.435 e. The summed E-state index contributed by atoms with van der Waals surface area (Å²) in [7, 11) is 0. The third kappa shape index (κ3) is 3.38. The number of allylic oxidation sites excluding steroid dienone is 1. The van der Waals surface area contributed by atoms with Crippen LogP contribution in [-0.2, 0) is 0 Å². The van der Waals surface area contributed by atoms with Crippen LogP contribution in [0, 0.1) is 6.92 Å². The Bertz CT molecular complexity index is 1030. The maximum Gasteiger partial charge on any atom is 0.387 e. The minimum atomic E-state index is -2.85. The second kappa shape index (κ2) is 7.00. The summed E-state index contributed by atoms with van der Waals surface area (Å²) < 4.78 is 31.1. The molecule has 1 aromatic heterocycles. The molecule has 138 valence electrons. The van der Waals surface area contributed by atoms with Gasteiger partial charge in [0.15, 0.2) is 0 Å². The Labute approximate surface area is 159 Å². The first-order valence-corrected chi connectivity index (χ1v) is 8.58. The Morgan fingerprint density at radius 3 is 2.67 bits per heavy atom. The zero-order valence-electron chi connectivity index (χ0n) is 14.3. The van der Waals surface area contributed by atoms with Crippen molar-refractivity contribution in [3.8, 4) is 5.75 Å². The molecular formula is C19H15ClF2N4O. The van der Waals surface area contributed by atoms with E-state index in [0.29, 0.717) is 5.02 Å². The van der Waals surface area contributed by atoms with Gasteiger partial charge in [0.05, 0.1) is 11.0 Å². The topological polar surface area (TPSA) is 42.7 Å². The number of rotatable bonds is 4. The molecule has 1 aliphatic rings. The number of alkyl halides is 2. The SMILES string of the molecule is Cc1nc2cc(Cl)ccc2n1C1N=CC=CN1c1ccc(OC(F)F)cc1. The Morgan fingerprint density at radius 1 is 1.15 bits per heavy atom. The second-order valence-corrected chi connectivity index (χ2v) is 6.36. The molecule has 0 saturated heterocycles. The third-order valence-electron chi connectivity index (χ3n) is 4.22. The molecule has 2 heterocycles. The highest BCUT2D eigenvalue weighted by Crippen LogP contribution is 2.32. The summed E-state index contributed by atoms with van der Waals surface area (Å²) in [6, 6.07) is 12.0. The van der Waals surface area contributed by atoms with Crippen molar-refractivity contribution in [1.82, 2.24) is 9.55 Å². The molecule has 0 aliphatic carbocycles. The Morgan fingerprint density at radius 2 is 1.93 bits per heavy atom. The van der Waals surface area contributed by atoms with Crippen molar-refractivity contribution in [3.05, 3.63) is 65.6 Å². The molecule has 5 nitrogen and oxygen atoms in total. The molecule has 1 atom stereocenters. The van der Waals surface area contributed by atoms with Crippen LogP contribution in [0.3, 0.4) is 0 Å². The van der Waals surface area contributed by atoms with Gasteiger partial charge in [-0.15, -0.1) is 0 Å². The molecule has 0 fully saturated rings. The minimum Gasteiger partial charge on any atom is -0.435 e. The maximum absolute atomic E-state index is 12.4. The summed E-state index contributed by atoms with van der Waals surface area (Å²) in [6.07, 6.45) is 5.01. The van der Waals surface area contributed by atoms with Crippen LogP contribution in [0.4, 0.5) is 14.5 Å². The molecule has 0 spiro atoms. The van der Waals surface area contributed by atoms with E-state index in [1.807, 2.05) is 46.9 Å². The van der Waals surface area contributed by atoms with Crippen LogP contribution in [0.1, 0.15) is 12.1 Å². The van der Waals surface area contributed by atoms with Gasteiger partial charge in [0.25, 0.3) is 0 Å². The van der Waals surface area contributed by atoms with E-state index in [2.05, 4.69) is 14.7 Å². The van der Waals surface area contributed by atoms with Crippen molar-refractivity contribution < 1.29 is 13.5 Å². The summed E-state index contributed by atoms with van der Waals surface area (Å²) >= 11 is 6.08. The highest BCUT2D eigenvalue weighted by molar-refractivity contribution is 6.31. The van der Waals surface area contributed by atoms with Crippen LogP contribution in [0.2, 0.25) is 5.02 Å². The van der Waals surface area contributed by atoms with Crippen molar-refractivity contribution >= 4 is 34.5 Å². The van der Waals surface area contributed by atoms with Crippen LogP contribution in [0.5, 0.6) is 5.75 Å². The highest BCUT2D eigenvalue weighted by atomic mass is 35.5. The summed E-state index contributed by atoms with van der Waals surface area (Å²) in [4.78, 5) is 11.1. The average Bonchev–Trinajstić information content (AvgIpc) is 2.96. The fourth-order valence-corrected chi connectivity index (χ4v) is 3.27. The van der Waals surface area contributed by atoms with Gasteiger partial charge < -0.3 is 9.64 Å². The van der Waals surface area contributed by atoms with E-state index in [9.17, 15) is 8.78 Å². The van der Waals surface area contributed by atoms with E-state index in [4.69, 9.17) is 11.6 Å². The molecule has 1 aliphatic heterocycles. The van der Waals surface area contributed by atoms with Gasteiger partial charge in [-0.1, -0.05) is 11.6 Å². The molecule has 0 bridgehead atoms. The van der Waals surface area contributed by atoms with Crippen LogP contribution in [-0.4, -0.2) is 22.4 Å². The number of anilines is 1. The van der Waals surface area contributed by atoms with Crippen LogP contribution < -0.4 is 9.64 Å². The van der Waals surface area contributed by atoms with E-state index >= 15 is 0 Å². The van der Waals surface area contributed by atoms with Gasteiger partial charge in [0.2, 0.25) is 6.29 Å². The van der Waals surface area contributed by atoms with E-state index in [-0.39, 0.29) is 5.75 Å². The van der Waals surface area contributed by atoms with Crippen molar-refractivity contribution in [2.75, 3.05) is 4.90 Å². The molecule has 3 aromatic rings. The summed E-state index contributed by atoms with van der Waals surface area (Å²) in [5.74, 6) is 0.890. The fraction of sp³-hybridized carbons (Fsp3) is 0.158. The fourth-order valence-electron chi connectivity index (χ4n) is 3.10. The number of aryl methyl sites for hydroxylation is 1. The van der Waals surface area contributed by atoms with Gasteiger partial charge in [0, 0.05) is 23.1 Å². The number of aliphatic imine (C=N–C) groups is 1. The number of halogens is 3. The maximum atomic E-state index is 12.4. The zero-order valence-corrected chi connectivity index (χ0v) is 15.0. The molecular weight excluding hydrogens is 374 g/mol. The van der Waals surface area contributed by atoms with Gasteiger partial charge >= 0.3 is 6.61 Å². The predicted molar refractivity (Wildman–Crippen MR) is 102 cm³/mol. The first-order chi connectivity index (χ1) is 13.0. The summed E-state index contributed by atoms with van der Waals surface area (Å²) in [6.45, 7) is -0.950. The first kappa shape index (κ1) is 17.5. The number of aromatic nitrogens is 2. The van der Waals surface area contributed by atoms with Crippen LogP contribution >= 0.6 is 11.6 Å². The van der Waals surface area contributed by atoms with Crippen LogP contribution in [0.15, 0.2) is 59.7 Å². The highest BCUT2D eigenvalue weighted by Gasteiger charge is 2.23. The van der Waals surface area contributed by atoms with E-state index in [1.165, 1.54) is 12.1 Å². The van der Waals surface area contributed by atoms with Crippen molar-refractivity contribution in [3.63, 3.8) is 0 Å². The number of benzene rings is 2. The zero-order chi connectivity index (χ0) is 19.0. The molecule has 1 unspecified atom stereocenters. The van der Waals surface area contributed by atoms with Gasteiger partial charge in [-0.3, -0.25) is 4.57 Å². The number of hydrogen-bond acceptors (Lipinski definition) is 4. The van der Waals surface area contributed by atoms with Crippen molar-refractivity contribution in [2.24, 2.45) is 4.99 Å². The number of ether oxygens (including phenoxy) is 1. The predicted octanol–water partition coefficient (Wildman–Crippen LogP) is 5.16. The van der Waals surface area contributed by atoms with Gasteiger partial charge in [-0.05, 0) is 55.5 Å². The molecule has 0 radical (unpaired) electrons. The van der Waals surface area contributed by atoms with Gasteiger partial charge in [-0.2, -0.15) is 8.78 Å². The Balaban J connectivity index is 1.73. The standard InChI is InChI=1S/C19H15ClF2N4O/c1-12-24-16-11-13(20)3-8-17(16)26(12)19-23-9-2-10-25(19)14-4-6-15(7-5-14)27-18(21)22/h2-11,18-19H,1H3. The lowest BCUT2D eigenvalue weighted by Gasteiger charge is -2.31. The van der Waals surface area contributed by atoms with E-state index < -0.39 is 12.9 Å². The van der Waals surface area contributed by atoms with E-state index in [0.717, 1.165) is 22.5 Å². The first-order valence-electron chi connectivity index (χ1n) is 8.20. The molecule has 2 aromatic carbocycles. The van der Waals surface area contributed by atoms with E-state index in [1.54, 1.807) is 18.3 Å². The van der Waals surface area contributed by atoms with Gasteiger partial charge in [0.1, 0.15) is 11.6 Å². The lowest BCUT2D eigenvalue weighted by molar-refractivity contribution is -0.0498. The molecule has 0 N–H and O–H groups in total. The van der Waals surface area contributed by atoms with Crippen LogP contribution in [0.25, 0.3) is 11.0 Å². The van der Waals surface area contributed by atoms with Crippen molar-refractivity contribution in [1.29, 1.82) is 0 Å². The van der Waals surface area contributed by atoms with Gasteiger partial charge in [-0.25, -0.2) is 9.98 Å². The minimum absolute atomic E-state index is 0.105. The molecule has 8 heteroatoms. The number of nitrogens with zero attached hydrogens (tertiary/aromatic N) is 4. The molecule has 4 rings (SSSR count). The normalized spacial score (nSPS) is 16.5. The van der Waals surface area contributed by atoms with Crippen molar-refractivity contribution in [2.45, 2.75) is 19.8 Å². The molecule has 27 heavy (non-hydrogen) atoms. The quantitative estimate of drug-likeness (QED) is 0.620.